The van der Waals surface area contributed by atoms with Gasteiger partial charge >= 0.3 is 0 Å². The lowest BCUT2D eigenvalue weighted by Crippen LogP contribution is -1.98. The molecule has 0 aliphatic rings. The van der Waals surface area contributed by atoms with Crippen molar-refractivity contribution in [3.8, 4) is 11.5 Å². The summed E-state index contributed by atoms with van der Waals surface area (Å²) in [4.78, 5) is 10.4. The first-order chi connectivity index (χ1) is 10.0. The highest BCUT2D eigenvalue weighted by atomic mass is 16.6. The number of anilines is 3. The van der Waals surface area contributed by atoms with E-state index in [1.807, 2.05) is 0 Å². The monoisotopic (exact) mass is 289 g/mol. The van der Waals surface area contributed by atoms with Crippen molar-refractivity contribution in [1.29, 1.82) is 0 Å². The summed E-state index contributed by atoms with van der Waals surface area (Å²) in [5.41, 5.74) is 7.05. The van der Waals surface area contributed by atoms with Crippen molar-refractivity contribution in [3.05, 3.63) is 46.5 Å². The van der Waals surface area contributed by atoms with Gasteiger partial charge in [0.2, 0.25) is 0 Å². The van der Waals surface area contributed by atoms with Crippen LogP contribution in [0.5, 0.6) is 11.5 Å². The van der Waals surface area contributed by atoms with E-state index >= 15 is 0 Å². The average Bonchev–Trinajstić information content (AvgIpc) is 2.47. The zero-order chi connectivity index (χ0) is 15.4. The van der Waals surface area contributed by atoms with Crippen molar-refractivity contribution >= 4 is 22.7 Å². The van der Waals surface area contributed by atoms with Crippen LogP contribution in [0.2, 0.25) is 0 Å². The smallest absolute Gasteiger partial charge is 0.273 e. The molecule has 0 aliphatic heterocycles. The SMILES string of the molecule is COc1ccc(Nc2cc(N)cc([N+](=O)[O-])c2)c(OC)c1. The molecular formula is C14H15N3O4. The molecule has 2 aromatic carbocycles. The number of nitrogens with one attached hydrogen (secondary N) is 1. The Morgan fingerprint density at radius 2 is 1.90 bits per heavy atom. The molecule has 0 atom stereocenters. The first kappa shape index (κ1) is 14.4. The van der Waals surface area contributed by atoms with Gasteiger partial charge in [0.25, 0.3) is 5.69 Å². The minimum absolute atomic E-state index is 0.0787. The predicted octanol–water partition coefficient (Wildman–Crippen LogP) is 2.94. The fraction of sp³-hybridized carbons (Fsp3) is 0.143. The van der Waals surface area contributed by atoms with E-state index < -0.39 is 4.92 Å². The molecule has 0 aromatic heterocycles. The number of hydrogen-bond donors (Lipinski definition) is 2. The van der Waals surface area contributed by atoms with E-state index in [9.17, 15) is 10.1 Å². The fourth-order valence-electron chi connectivity index (χ4n) is 1.87. The van der Waals surface area contributed by atoms with Crippen molar-refractivity contribution in [2.24, 2.45) is 0 Å². The van der Waals surface area contributed by atoms with Crippen LogP contribution in [0.15, 0.2) is 36.4 Å². The molecule has 2 rings (SSSR count). The van der Waals surface area contributed by atoms with Gasteiger partial charge in [0.1, 0.15) is 11.5 Å². The fourth-order valence-corrected chi connectivity index (χ4v) is 1.87. The van der Waals surface area contributed by atoms with Gasteiger partial charge in [0, 0.05) is 29.6 Å². The molecule has 0 radical (unpaired) electrons. The van der Waals surface area contributed by atoms with Gasteiger partial charge in [-0.1, -0.05) is 0 Å². The summed E-state index contributed by atoms with van der Waals surface area (Å²) in [5.74, 6) is 1.20. The summed E-state index contributed by atoms with van der Waals surface area (Å²) in [7, 11) is 3.09. The van der Waals surface area contributed by atoms with Gasteiger partial charge in [-0.05, 0) is 18.2 Å². The number of nitro benzene ring substituents is 1. The standard InChI is InChI=1S/C14H15N3O4/c1-20-12-3-4-13(14(8-12)21-2)16-10-5-9(15)6-11(7-10)17(18)19/h3-8,16H,15H2,1-2H3. The van der Waals surface area contributed by atoms with Crippen LogP contribution in [0.4, 0.5) is 22.7 Å². The molecule has 21 heavy (non-hydrogen) atoms. The molecule has 110 valence electrons. The molecule has 2 aromatic rings. The lowest BCUT2D eigenvalue weighted by Gasteiger charge is -2.12. The number of benzene rings is 2. The van der Waals surface area contributed by atoms with Crippen LogP contribution in [-0.2, 0) is 0 Å². The highest BCUT2D eigenvalue weighted by Gasteiger charge is 2.11. The minimum Gasteiger partial charge on any atom is -0.497 e. The third-order valence-corrected chi connectivity index (χ3v) is 2.84. The number of non-ortho nitro benzene ring substituents is 1. The van der Waals surface area contributed by atoms with E-state index in [1.54, 1.807) is 31.4 Å². The summed E-state index contributed by atoms with van der Waals surface area (Å²) in [6, 6.07) is 9.54. The largest absolute Gasteiger partial charge is 0.497 e. The molecule has 7 nitrogen and oxygen atoms in total. The van der Waals surface area contributed by atoms with Crippen LogP contribution in [0.3, 0.4) is 0 Å². The zero-order valence-electron chi connectivity index (χ0n) is 11.6. The molecule has 0 fully saturated rings. The summed E-state index contributed by atoms with van der Waals surface area (Å²) in [5, 5.41) is 13.9. The number of nitrogens with zero attached hydrogens (tertiary/aromatic N) is 1. The van der Waals surface area contributed by atoms with E-state index in [4.69, 9.17) is 15.2 Å². The van der Waals surface area contributed by atoms with Crippen LogP contribution in [0.1, 0.15) is 0 Å². The molecule has 0 aliphatic carbocycles. The molecule has 0 heterocycles. The van der Waals surface area contributed by atoms with Gasteiger partial charge in [-0.3, -0.25) is 10.1 Å². The zero-order valence-corrected chi connectivity index (χ0v) is 11.6. The Kier molecular flexibility index (Phi) is 4.13. The van der Waals surface area contributed by atoms with Gasteiger partial charge in [0.05, 0.1) is 24.8 Å². The average molecular weight is 289 g/mol. The third-order valence-electron chi connectivity index (χ3n) is 2.84. The third kappa shape index (κ3) is 3.33. The lowest BCUT2D eigenvalue weighted by atomic mass is 10.2. The van der Waals surface area contributed by atoms with E-state index in [0.29, 0.717) is 28.6 Å². The maximum absolute atomic E-state index is 10.8. The molecule has 0 unspecified atom stereocenters. The predicted molar refractivity (Wildman–Crippen MR) is 80.3 cm³/mol. The topological polar surface area (TPSA) is 99.7 Å². The first-order valence-corrected chi connectivity index (χ1v) is 6.07. The van der Waals surface area contributed by atoms with Gasteiger partial charge in [-0.25, -0.2) is 0 Å². The van der Waals surface area contributed by atoms with Gasteiger partial charge < -0.3 is 20.5 Å². The van der Waals surface area contributed by atoms with Crippen LogP contribution in [0.25, 0.3) is 0 Å². The second-order valence-corrected chi connectivity index (χ2v) is 4.26. The number of hydrogen-bond acceptors (Lipinski definition) is 6. The van der Waals surface area contributed by atoms with Crippen molar-refractivity contribution in [2.75, 3.05) is 25.3 Å². The van der Waals surface area contributed by atoms with Crippen LogP contribution in [-0.4, -0.2) is 19.1 Å². The molecular weight excluding hydrogens is 274 g/mol. The Hall–Kier alpha value is -2.96. The normalized spacial score (nSPS) is 10.0. The molecule has 0 bridgehead atoms. The summed E-state index contributed by atoms with van der Waals surface area (Å²) >= 11 is 0. The van der Waals surface area contributed by atoms with Gasteiger partial charge in [-0.2, -0.15) is 0 Å². The van der Waals surface area contributed by atoms with Gasteiger partial charge in [-0.15, -0.1) is 0 Å². The maximum atomic E-state index is 10.8. The summed E-state index contributed by atoms with van der Waals surface area (Å²) < 4.78 is 10.4. The lowest BCUT2D eigenvalue weighted by molar-refractivity contribution is -0.384. The van der Waals surface area contributed by atoms with Crippen LogP contribution >= 0.6 is 0 Å². The Labute approximate surface area is 121 Å². The van der Waals surface area contributed by atoms with Crippen molar-refractivity contribution in [3.63, 3.8) is 0 Å². The second kappa shape index (κ2) is 6.00. The quantitative estimate of drug-likeness (QED) is 0.498. The number of rotatable bonds is 5. The van der Waals surface area contributed by atoms with E-state index in [0.717, 1.165) is 0 Å². The van der Waals surface area contributed by atoms with Crippen molar-refractivity contribution < 1.29 is 14.4 Å². The number of methoxy groups -OCH3 is 2. The van der Waals surface area contributed by atoms with Crippen LogP contribution in [0, 0.1) is 10.1 Å². The highest BCUT2D eigenvalue weighted by molar-refractivity contribution is 5.71. The molecule has 3 N–H and O–H groups in total. The number of nitrogen functional groups attached to an aromatic ring is 1. The number of nitrogens with two attached hydrogens (primary N) is 1. The summed E-state index contributed by atoms with van der Waals surface area (Å²) in [6.07, 6.45) is 0. The molecule has 0 amide bonds. The molecule has 7 heteroatoms. The molecule has 0 saturated carbocycles. The van der Waals surface area contributed by atoms with E-state index in [2.05, 4.69) is 5.32 Å². The van der Waals surface area contributed by atoms with E-state index in [1.165, 1.54) is 19.2 Å². The number of ether oxygens (including phenoxy) is 2. The van der Waals surface area contributed by atoms with Crippen LogP contribution < -0.4 is 20.5 Å². The molecule has 0 saturated heterocycles. The Balaban J connectivity index is 2.35. The van der Waals surface area contributed by atoms with Gasteiger partial charge in [0.15, 0.2) is 0 Å². The van der Waals surface area contributed by atoms with Crippen molar-refractivity contribution in [2.45, 2.75) is 0 Å². The number of nitro groups is 1. The minimum atomic E-state index is -0.493. The maximum Gasteiger partial charge on any atom is 0.273 e. The molecule has 0 spiro atoms. The Morgan fingerprint density at radius 3 is 2.52 bits per heavy atom. The van der Waals surface area contributed by atoms with Crippen molar-refractivity contribution in [1.82, 2.24) is 0 Å². The van der Waals surface area contributed by atoms with E-state index in [-0.39, 0.29) is 5.69 Å². The second-order valence-electron chi connectivity index (χ2n) is 4.26. The Bertz CT molecular complexity index is 673. The Morgan fingerprint density at radius 1 is 1.14 bits per heavy atom. The highest BCUT2D eigenvalue weighted by Crippen LogP contribution is 2.33. The first-order valence-electron chi connectivity index (χ1n) is 6.07. The summed E-state index contributed by atoms with van der Waals surface area (Å²) in [6.45, 7) is 0.